The molecular weight excluding hydrogens is 388 g/mol. The Bertz CT molecular complexity index is 719. The first-order valence-corrected chi connectivity index (χ1v) is 8.30. The van der Waals surface area contributed by atoms with Crippen molar-refractivity contribution in [1.82, 2.24) is 0 Å². The minimum absolute atomic E-state index is 0.190. The summed E-state index contributed by atoms with van der Waals surface area (Å²) in [7, 11) is 0. The highest BCUT2D eigenvalue weighted by atomic mass is 35.6. The van der Waals surface area contributed by atoms with Crippen molar-refractivity contribution in [3.05, 3.63) is 40.2 Å². The van der Waals surface area contributed by atoms with Crippen LogP contribution in [0.3, 0.4) is 0 Å². The van der Waals surface area contributed by atoms with E-state index in [-0.39, 0.29) is 5.78 Å². The fraction of sp³-hybridized carbons (Fsp3) is 0.143. The zero-order valence-electron chi connectivity index (χ0n) is 11.1. The molecule has 1 N–H and O–H groups in total. The van der Waals surface area contributed by atoms with Gasteiger partial charge in [0.25, 0.3) is 9.70 Å². The van der Waals surface area contributed by atoms with Crippen molar-refractivity contribution in [2.75, 3.05) is 5.32 Å². The van der Waals surface area contributed by atoms with Crippen LogP contribution in [0.4, 0.5) is 5.69 Å². The average Bonchev–Trinajstić information content (AvgIpc) is 2.82. The Kier molecular flexibility index (Phi) is 5.41. The Labute approximate surface area is 151 Å². The second kappa shape index (κ2) is 6.77. The zero-order chi connectivity index (χ0) is 16.5. The van der Waals surface area contributed by atoms with Crippen LogP contribution in [-0.2, 0) is 4.79 Å². The third kappa shape index (κ3) is 4.15. The second-order valence-electron chi connectivity index (χ2n) is 4.37. The van der Waals surface area contributed by atoms with Crippen molar-refractivity contribution in [2.45, 2.75) is 10.7 Å². The maximum atomic E-state index is 11.8. The van der Waals surface area contributed by atoms with Crippen LogP contribution in [0.5, 0.6) is 0 Å². The van der Waals surface area contributed by atoms with Crippen molar-refractivity contribution >= 4 is 75.1 Å². The van der Waals surface area contributed by atoms with Crippen LogP contribution in [0.15, 0.2) is 30.3 Å². The molecule has 0 radical (unpaired) electrons. The van der Waals surface area contributed by atoms with E-state index >= 15 is 0 Å². The minimum atomic E-state index is -2.10. The number of hydrogen-bond donors (Lipinski definition) is 1. The number of thiophene rings is 1. The molecule has 2 rings (SSSR count). The number of rotatable bonds is 3. The smallest absolute Gasteiger partial charge is 0.276 e. The van der Waals surface area contributed by atoms with Crippen LogP contribution >= 0.6 is 57.7 Å². The minimum Gasteiger partial charge on any atom is -0.321 e. The molecule has 0 aliphatic carbocycles. The van der Waals surface area contributed by atoms with Gasteiger partial charge in [0.05, 0.1) is 10.6 Å². The summed E-state index contributed by atoms with van der Waals surface area (Å²) >= 11 is 23.7. The van der Waals surface area contributed by atoms with Gasteiger partial charge in [-0.25, -0.2) is 0 Å². The summed E-state index contributed by atoms with van der Waals surface area (Å²) in [5.41, 5.74) is 1.19. The van der Waals surface area contributed by atoms with E-state index in [1.54, 1.807) is 18.2 Å². The summed E-state index contributed by atoms with van der Waals surface area (Å²) in [5.74, 6) is -1.01. The highest BCUT2D eigenvalue weighted by Crippen LogP contribution is 2.37. The lowest BCUT2D eigenvalue weighted by Crippen LogP contribution is -2.27. The van der Waals surface area contributed by atoms with Gasteiger partial charge >= 0.3 is 0 Å². The number of anilines is 1. The number of carbonyl (C=O) groups is 2. The molecule has 0 spiro atoms. The largest absolute Gasteiger partial charge is 0.321 e. The summed E-state index contributed by atoms with van der Waals surface area (Å²) in [6.45, 7) is 1.41. The van der Waals surface area contributed by atoms with Gasteiger partial charge in [0.15, 0.2) is 5.78 Å². The molecular formula is C14H9Cl4NO2S. The maximum Gasteiger partial charge on any atom is 0.276 e. The van der Waals surface area contributed by atoms with Gasteiger partial charge in [0.1, 0.15) is 0 Å². The Hall–Kier alpha value is -0.780. The standard InChI is InChI=1S/C14H9Cl4NO2S/c1-7(20)12-10(19-13(21)14(16,17)18)6-11(22-12)8-2-4-9(15)5-3-8/h2-6H,1H3,(H,19,21). The van der Waals surface area contributed by atoms with Crippen molar-refractivity contribution < 1.29 is 9.59 Å². The van der Waals surface area contributed by atoms with Gasteiger partial charge in [0.2, 0.25) is 0 Å². The molecule has 2 aromatic rings. The molecule has 0 saturated carbocycles. The van der Waals surface area contributed by atoms with E-state index in [0.29, 0.717) is 15.6 Å². The van der Waals surface area contributed by atoms with Crippen LogP contribution < -0.4 is 5.32 Å². The molecule has 116 valence electrons. The molecule has 0 unspecified atom stereocenters. The number of ketones is 1. The van der Waals surface area contributed by atoms with Gasteiger partial charge in [-0.15, -0.1) is 11.3 Å². The summed E-state index contributed by atoms with van der Waals surface area (Å²) in [6.07, 6.45) is 0. The Balaban J connectivity index is 2.40. The first-order valence-electron chi connectivity index (χ1n) is 5.97. The lowest BCUT2D eigenvalue weighted by molar-refractivity contribution is -0.115. The van der Waals surface area contributed by atoms with Gasteiger partial charge < -0.3 is 5.32 Å². The summed E-state index contributed by atoms with van der Waals surface area (Å²) in [6, 6.07) is 8.78. The molecule has 3 nitrogen and oxygen atoms in total. The number of carbonyl (C=O) groups excluding carboxylic acids is 2. The predicted molar refractivity (Wildman–Crippen MR) is 93.7 cm³/mol. The molecule has 0 aliphatic rings. The molecule has 0 aliphatic heterocycles. The molecule has 1 aromatic carbocycles. The normalized spacial score (nSPS) is 11.3. The van der Waals surface area contributed by atoms with Gasteiger partial charge in [0, 0.05) is 16.8 Å². The Morgan fingerprint density at radius 1 is 1.14 bits per heavy atom. The molecule has 0 bridgehead atoms. The van der Waals surface area contributed by atoms with Gasteiger partial charge in [-0.05, 0) is 23.8 Å². The Morgan fingerprint density at radius 2 is 1.73 bits per heavy atom. The van der Waals surface area contributed by atoms with Gasteiger partial charge in [-0.2, -0.15) is 0 Å². The fourth-order valence-electron chi connectivity index (χ4n) is 1.69. The number of hydrogen-bond acceptors (Lipinski definition) is 3. The molecule has 0 atom stereocenters. The SMILES string of the molecule is CC(=O)c1sc(-c2ccc(Cl)cc2)cc1NC(=O)C(Cl)(Cl)Cl. The van der Waals surface area contributed by atoms with Crippen LogP contribution in [0, 0.1) is 0 Å². The zero-order valence-corrected chi connectivity index (χ0v) is 15.0. The van der Waals surface area contributed by atoms with E-state index in [4.69, 9.17) is 46.4 Å². The van der Waals surface area contributed by atoms with E-state index in [2.05, 4.69) is 5.32 Å². The van der Waals surface area contributed by atoms with E-state index in [9.17, 15) is 9.59 Å². The quantitative estimate of drug-likeness (QED) is 0.543. The lowest BCUT2D eigenvalue weighted by atomic mass is 10.2. The third-order valence-electron chi connectivity index (χ3n) is 2.69. The molecule has 1 amide bonds. The van der Waals surface area contributed by atoms with Crippen LogP contribution in [0.25, 0.3) is 10.4 Å². The number of halogens is 4. The topological polar surface area (TPSA) is 46.2 Å². The van der Waals surface area contributed by atoms with Crippen molar-refractivity contribution in [1.29, 1.82) is 0 Å². The molecule has 1 aromatic heterocycles. The average molecular weight is 397 g/mol. The van der Waals surface area contributed by atoms with Crippen LogP contribution in [-0.4, -0.2) is 15.5 Å². The van der Waals surface area contributed by atoms with Crippen molar-refractivity contribution in [3.8, 4) is 10.4 Å². The highest BCUT2D eigenvalue weighted by Gasteiger charge is 2.31. The molecule has 0 saturated heterocycles. The van der Waals surface area contributed by atoms with Gasteiger partial charge in [-0.1, -0.05) is 58.5 Å². The van der Waals surface area contributed by atoms with E-state index < -0.39 is 9.70 Å². The first-order chi connectivity index (χ1) is 10.2. The molecule has 22 heavy (non-hydrogen) atoms. The number of benzene rings is 1. The molecule has 8 heteroatoms. The third-order valence-corrected chi connectivity index (χ3v) is 4.74. The monoisotopic (exact) mass is 395 g/mol. The van der Waals surface area contributed by atoms with Crippen LogP contribution in [0.2, 0.25) is 5.02 Å². The van der Waals surface area contributed by atoms with Crippen molar-refractivity contribution in [2.24, 2.45) is 0 Å². The number of alkyl halides is 3. The van der Waals surface area contributed by atoms with E-state index in [1.165, 1.54) is 18.3 Å². The number of Topliss-reactive ketones (excluding diaryl/α,β-unsaturated/α-hetero) is 1. The number of nitrogens with one attached hydrogen (secondary N) is 1. The molecule has 1 heterocycles. The van der Waals surface area contributed by atoms with Crippen molar-refractivity contribution in [3.63, 3.8) is 0 Å². The second-order valence-corrected chi connectivity index (χ2v) is 8.14. The molecule has 0 fully saturated rings. The number of amides is 1. The predicted octanol–water partition coefficient (Wildman–Crippen LogP) is 5.58. The van der Waals surface area contributed by atoms with E-state index in [1.807, 2.05) is 12.1 Å². The Morgan fingerprint density at radius 3 is 2.23 bits per heavy atom. The summed E-state index contributed by atoms with van der Waals surface area (Å²) in [4.78, 5) is 24.7. The summed E-state index contributed by atoms with van der Waals surface area (Å²) in [5, 5.41) is 3.07. The van der Waals surface area contributed by atoms with Crippen LogP contribution in [0.1, 0.15) is 16.6 Å². The highest BCUT2D eigenvalue weighted by molar-refractivity contribution is 7.18. The first kappa shape index (κ1) is 17.6. The van der Waals surface area contributed by atoms with Gasteiger partial charge in [-0.3, -0.25) is 9.59 Å². The fourth-order valence-corrected chi connectivity index (χ4v) is 2.98. The summed E-state index contributed by atoms with van der Waals surface area (Å²) < 4.78 is -2.10. The lowest BCUT2D eigenvalue weighted by Gasteiger charge is -2.10. The van der Waals surface area contributed by atoms with E-state index in [0.717, 1.165) is 10.4 Å². The maximum absolute atomic E-state index is 11.8.